The molecule has 19 heavy (non-hydrogen) atoms. The van der Waals surface area contributed by atoms with Crippen LogP contribution in [0.15, 0.2) is 24.3 Å². The lowest BCUT2D eigenvalue weighted by molar-refractivity contribution is -0.126. The molecule has 0 spiro atoms. The normalized spacial score (nSPS) is 17.6. The molecule has 2 rings (SSSR count). The molecule has 0 aromatic heterocycles. The van der Waals surface area contributed by atoms with E-state index in [0.717, 1.165) is 37.8 Å². The van der Waals surface area contributed by atoms with Crippen LogP contribution in [0.4, 0.5) is 5.69 Å². The molecule has 1 saturated carbocycles. The largest absolute Gasteiger partial charge is 0.508 e. The van der Waals surface area contributed by atoms with Crippen molar-refractivity contribution in [2.24, 2.45) is 11.3 Å². The third-order valence-corrected chi connectivity index (χ3v) is 3.97. The molecule has 0 atom stereocenters. The molecule has 0 aliphatic heterocycles. The number of hydrogen-bond donors (Lipinski definition) is 2. The Morgan fingerprint density at radius 1 is 1.26 bits per heavy atom. The summed E-state index contributed by atoms with van der Waals surface area (Å²) in [6.07, 6.45) is 5.24. The maximum absolute atomic E-state index is 12.6. The van der Waals surface area contributed by atoms with Crippen molar-refractivity contribution in [2.75, 3.05) is 5.32 Å². The second-order valence-electron chi connectivity index (χ2n) is 6.09. The molecule has 104 valence electrons. The minimum absolute atomic E-state index is 0.143. The number of carbonyl (C=O) groups excluding carboxylic acids is 1. The Balaban J connectivity index is 2.09. The van der Waals surface area contributed by atoms with Gasteiger partial charge in [0.1, 0.15) is 5.75 Å². The number of hydrogen-bond acceptors (Lipinski definition) is 2. The minimum Gasteiger partial charge on any atom is -0.508 e. The zero-order chi connectivity index (χ0) is 13.9. The van der Waals surface area contributed by atoms with Crippen LogP contribution in [0.25, 0.3) is 0 Å². The van der Waals surface area contributed by atoms with Gasteiger partial charge in [-0.05, 0) is 49.4 Å². The zero-order valence-electron chi connectivity index (χ0n) is 11.8. The maximum Gasteiger partial charge on any atom is 0.230 e. The SMILES string of the molecule is CC(C)CC1(C(=O)Nc2ccc(O)cc2)CCCC1. The van der Waals surface area contributed by atoms with Crippen molar-refractivity contribution in [2.45, 2.75) is 46.0 Å². The molecule has 1 aliphatic rings. The first kappa shape index (κ1) is 13.9. The average molecular weight is 261 g/mol. The van der Waals surface area contributed by atoms with Gasteiger partial charge in [-0.25, -0.2) is 0 Å². The topological polar surface area (TPSA) is 49.3 Å². The summed E-state index contributed by atoms with van der Waals surface area (Å²) in [5, 5.41) is 12.3. The molecule has 0 unspecified atom stereocenters. The van der Waals surface area contributed by atoms with Crippen molar-refractivity contribution in [1.82, 2.24) is 0 Å². The molecule has 0 saturated heterocycles. The lowest BCUT2D eigenvalue weighted by Crippen LogP contribution is -2.35. The van der Waals surface area contributed by atoms with E-state index in [1.165, 1.54) is 0 Å². The van der Waals surface area contributed by atoms with Gasteiger partial charge in [-0.15, -0.1) is 0 Å². The van der Waals surface area contributed by atoms with Gasteiger partial charge >= 0.3 is 0 Å². The monoisotopic (exact) mass is 261 g/mol. The van der Waals surface area contributed by atoms with E-state index in [1.54, 1.807) is 24.3 Å². The van der Waals surface area contributed by atoms with Crippen LogP contribution in [0, 0.1) is 11.3 Å². The molecule has 1 aliphatic carbocycles. The van der Waals surface area contributed by atoms with Gasteiger partial charge in [-0.2, -0.15) is 0 Å². The number of phenols is 1. The highest BCUT2D eigenvalue weighted by Gasteiger charge is 2.41. The van der Waals surface area contributed by atoms with Crippen LogP contribution < -0.4 is 5.32 Å². The Morgan fingerprint density at radius 2 is 1.84 bits per heavy atom. The molecule has 2 N–H and O–H groups in total. The summed E-state index contributed by atoms with van der Waals surface area (Å²) in [7, 11) is 0. The molecule has 3 nitrogen and oxygen atoms in total. The van der Waals surface area contributed by atoms with Crippen LogP contribution in [0.1, 0.15) is 46.0 Å². The molecule has 1 aromatic rings. The molecular weight excluding hydrogens is 238 g/mol. The highest BCUT2D eigenvalue weighted by Crippen LogP contribution is 2.44. The van der Waals surface area contributed by atoms with Crippen molar-refractivity contribution < 1.29 is 9.90 Å². The molecule has 1 aromatic carbocycles. The number of amides is 1. The Bertz CT molecular complexity index is 431. The summed E-state index contributed by atoms with van der Waals surface area (Å²) >= 11 is 0. The van der Waals surface area contributed by atoms with Crippen LogP contribution in [-0.2, 0) is 4.79 Å². The first-order valence-corrected chi connectivity index (χ1v) is 7.12. The van der Waals surface area contributed by atoms with Gasteiger partial charge in [0, 0.05) is 11.1 Å². The highest BCUT2D eigenvalue weighted by atomic mass is 16.3. The van der Waals surface area contributed by atoms with Crippen molar-refractivity contribution in [3.8, 4) is 5.75 Å². The Hall–Kier alpha value is -1.51. The Labute approximate surface area is 115 Å². The van der Waals surface area contributed by atoms with Gasteiger partial charge in [-0.3, -0.25) is 4.79 Å². The Kier molecular flexibility index (Phi) is 4.13. The van der Waals surface area contributed by atoms with Crippen LogP contribution in [0.3, 0.4) is 0 Å². The Morgan fingerprint density at radius 3 is 2.37 bits per heavy atom. The van der Waals surface area contributed by atoms with Gasteiger partial charge in [-0.1, -0.05) is 26.7 Å². The summed E-state index contributed by atoms with van der Waals surface area (Å²) in [6.45, 7) is 4.35. The third kappa shape index (κ3) is 3.28. The summed E-state index contributed by atoms with van der Waals surface area (Å²) < 4.78 is 0. The summed E-state index contributed by atoms with van der Waals surface area (Å²) in [5.74, 6) is 0.892. The highest BCUT2D eigenvalue weighted by molar-refractivity contribution is 5.95. The minimum atomic E-state index is -0.188. The lowest BCUT2D eigenvalue weighted by Gasteiger charge is -2.29. The quantitative estimate of drug-likeness (QED) is 0.807. The fourth-order valence-corrected chi connectivity index (χ4v) is 3.17. The van der Waals surface area contributed by atoms with Crippen LogP contribution >= 0.6 is 0 Å². The van der Waals surface area contributed by atoms with Gasteiger partial charge in [0.25, 0.3) is 0 Å². The molecule has 0 heterocycles. The maximum atomic E-state index is 12.6. The summed E-state index contributed by atoms with van der Waals surface area (Å²) in [5.41, 5.74) is 0.573. The standard InChI is InChI=1S/C16H23NO2/c1-12(2)11-16(9-3-4-10-16)15(19)17-13-5-7-14(18)8-6-13/h5-8,12,18H,3-4,9-11H2,1-2H3,(H,17,19). The van der Waals surface area contributed by atoms with E-state index >= 15 is 0 Å². The second kappa shape index (κ2) is 5.64. The fourth-order valence-electron chi connectivity index (χ4n) is 3.17. The predicted octanol–water partition coefficient (Wildman–Crippen LogP) is 3.94. The number of rotatable bonds is 4. The van der Waals surface area contributed by atoms with Crippen molar-refractivity contribution in [3.63, 3.8) is 0 Å². The van der Waals surface area contributed by atoms with Gasteiger partial charge in [0.15, 0.2) is 0 Å². The zero-order valence-corrected chi connectivity index (χ0v) is 11.8. The molecular formula is C16H23NO2. The van der Waals surface area contributed by atoms with E-state index in [-0.39, 0.29) is 17.1 Å². The summed E-state index contributed by atoms with van der Waals surface area (Å²) in [6, 6.07) is 6.68. The van der Waals surface area contributed by atoms with Gasteiger partial charge in [0.05, 0.1) is 0 Å². The molecule has 0 bridgehead atoms. The van der Waals surface area contributed by atoms with Crippen molar-refractivity contribution in [1.29, 1.82) is 0 Å². The predicted molar refractivity (Wildman–Crippen MR) is 77.1 cm³/mol. The van der Waals surface area contributed by atoms with E-state index in [0.29, 0.717) is 5.92 Å². The summed E-state index contributed by atoms with van der Waals surface area (Å²) in [4.78, 5) is 12.6. The van der Waals surface area contributed by atoms with E-state index < -0.39 is 0 Å². The lowest BCUT2D eigenvalue weighted by atomic mass is 9.77. The van der Waals surface area contributed by atoms with E-state index in [4.69, 9.17) is 0 Å². The number of phenolic OH excluding ortho intramolecular Hbond substituents is 1. The first-order valence-electron chi connectivity index (χ1n) is 7.12. The fraction of sp³-hybridized carbons (Fsp3) is 0.562. The molecule has 0 radical (unpaired) electrons. The van der Waals surface area contributed by atoms with Crippen molar-refractivity contribution in [3.05, 3.63) is 24.3 Å². The molecule has 1 fully saturated rings. The number of anilines is 1. The van der Waals surface area contributed by atoms with E-state index in [2.05, 4.69) is 19.2 Å². The third-order valence-electron chi connectivity index (χ3n) is 3.97. The van der Waals surface area contributed by atoms with E-state index in [9.17, 15) is 9.90 Å². The average Bonchev–Trinajstić information content (AvgIpc) is 2.81. The van der Waals surface area contributed by atoms with Crippen molar-refractivity contribution >= 4 is 11.6 Å². The molecule has 1 amide bonds. The number of benzene rings is 1. The first-order chi connectivity index (χ1) is 9.02. The van der Waals surface area contributed by atoms with Gasteiger partial charge < -0.3 is 10.4 Å². The number of nitrogens with one attached hydrogen (secondary N) is 1. The second-order valence-corrected chi connectivity index (χ2v) is 6.09. The number of aromatic hydroxyl groups is 1. The molecule has 3 heteroatoms. The number of carbonyl (C=O) groups is 1. The van der Waals surface area contributed by atoms with Crippen LogP contribution in [-0.4, -0.2) is 11.0 Å². The van der Waals surface area contributed by atoms with Crippen LogP contribution in [0.5, 0.6) is 5.75 Å². The van der Waals surface area contributed by atoms with Crippen LogP contribution in [0.2, 0.25) is 0 Å². The van der Waals surface area contributed by atoms with E-state index in [1.807, 2.05) is 0 Å². The smallest absolute Gasteiger partial charge is 0.230 e. The van der Waals surface area contributed by atoms with Gasteiger partial charge in [0.2, 0.25) is 5.91 Å².